The fraction of sp³-hybridized carbons (Fsp3) is 0.667. The second-order valence-electron chi connectivity index (χ2n) is 2.35. The van der Waals surface area contributed by atoms with Crippen LogP contribution in [0, 0.1) is 11.8 Å². The Balaban J connectivity index is 4.75. The number of nitrogens with two attached hydrogens (primary N) is 1. The molecule has 2 nitrogen and oxygen atoms in total. The van der Waals surface area contributed by atoms with Crippen LogP contribution in [0.3, 0.4) is 0 Å². The van der Waals surface area contributed by atoms with E-state index in [1.807, 2.05) is 0 Å². The predicted molar refractivity (Wildman–Crippen MR) is 33.3 cm³/mol. The zero-order chi connectivity index (χ0) is 9.28. The van der Waals surface area contributed by atoms with Gasteiger partial charge in [0, 0.05) is 0 Å². The van der Waals surface area contributed by atoms with Gasteiger partial charge in [0.25, 0.3) is 0 Å². The van der Waals surface area contributed by atoms with E-state index in [1.165, 1.54) is 0 Å². The van der Waals surface area contributed by atoms with Crippen LogP contribution in [0.4, 0.5) is 13.2 Å². The average molecular weight is 168 g/mol. The topological polar surface area (TPSA) is 43.1 Å². The van der Waals surface area contributed by atoms with Gasteiger partial charge < -0.3 is 5.73 Å². The number of carbonyl (C=O) groups excluding carboxylic acids is 1. The summed E-state index contributed by atoms with van der Waals surface area (Å²) in [5, 5.41) is 0. The Morgan fingerprint density at radius 1 is 1.45 bits per heavy atom. The lowest BCUT2D eigenvalue weighted by Gasteiger charge is -2.26. The summed E-state index contributed by atoms with van der Waals surface area (Å²) in [6.07, 6.45) is -3.86. The van der Waals surface area contributed by atoms with Gasteiger partial charge in [-0.15, -0.1) is 0 Å². The molecule has 0 rings (SSSR count). The molecule has 0 aliphatic carbocycles. The van der Waals surface area contributed by atoms with Crippen LogP contribution in [0.2, 0.25) is 0 Å². The minimum Gasteiger partial charge on any atom is -0.369 e. The molecule has 5 heteroatoms. The fourth-order valence-electron chi connectivity index (χ4n) is 0.446. The maximum absolute atomic E-state index is 12.0. The maximum Gasteiger partial charge on any atom is 0.403 e. The Kier molecular flexibility index (Phi) is 2.53. The van der Waals surface area contributed by atoms with Gasteiger partial charge in [-0.2, -0.15) is 13.2 Å². The first kappa shape index (κ1) is 10.3. The van der Waals surface area contributed by atoms with Crippen molar-refractivity contribution in [2.45, 2.75) is 20.0 Å². The van der Waals surface area contributed by atoms with Crippen LogP contribution in [0.5, 0.6) is 0 Å². The highest BCUT2D eigenvalue weighted by Crippen LogP contribution is 2.39. The second-order valence-corrected chi connectivity index (χ2v) is 2.35. The quantitative estimate of drug-likeness (QED) is 0.662. The summed E-state index contributed by atoms with van der Waals surface area (Å²) >= 11 is 0. The highest BCUT2D eigenvalue weighted by atomic mass is 19.4. The van der Waals surface area contributed by atoms with E-state index < -0.39 is 17.5 Å². The van der Waals surface area contributed by atoms with E-state index in [2.05, 4.69) is 5.73 Å². The van der Waals surface area contributed by atoms with Crippen LogP contribution in [-0.4, -0.2) is 12.1 Å². The highest BCUT2D eigenvalue weighted by molar-refractivity contribution is 5.82. The van der Waals surface area contributed by atoms with Crippen LogP contribution in [0.25, 0.3) is 0 Å². The molecule has 0 aliphatic heterocycles. The molecular weight excluding hydrogens is 159 g/mol. The molecule has 1 atom stereocenters. The van der Waals surface area contributed by atoms with E-state index in [4.69, 9.17) is 0 Å². The molecule has 0 saturated carbocycles. The number of carbonyl (C=O) groups is 1. The standard InChI is InChI=1S/C6H9F3NO/c1-3-5(2,4(10)11)6(7,8)9/h3H,1-2H3,(H2,10,11)/t5-/m0/s1. The normalized spacial score (nSPS) is 17.5. The first-order chi connectivity index (χ1) is 4.75. The summed E-state index contributed by atoms with van der Waals surface area (Å²) < 4.78 is 36.1. The maximum atomic E-state index is 12.0. The molecule has 0 aromatic rings. The smallest absolute Gasteiger partial charge is 0.369 e. The minimum atomic E-state index is -4.60. The van der Waals surface area contributed by atoms with E-state index in [-0.39, 0.29) is 0 Å². The Bertz CT molecular complexity index is 166. The van der Waals surface area contributed by atoms with Crippen molar-refractivity contribution >= 4 is 5.91 Å². The number of alkyl halides is 3. The van der Waals surface area contributed by atoms with Crippen molar-refractivity contribution in [3.8, 4) is 0 Å². The third-order valence-electron chi connectivity index (χ3n) is 1.68. The van der Waals surface area contributed by atoms with Gasteiger partial charge in [0.1, 0.15) is 5.41 Å². The van der Waals surface area contributed by atoms with Gasteiger partial charge in [-0.3, -0.25) is 4.79 Å². The van der Waals surface area contributed by atoms with E-state index in [0.717, 1.165) is 20.3 Å². The molecule has 11 heavy (non-hydrogen) atoms. The summed E-state index contributed by atoms with van der Waals surface area (Å²) in [5.41, 5.74) is 2.07. The van der Waals surface area contributed by atoms with Gasteiger partial charge in [0.15, 0.2) is 0 Å². The van der Waals surface area contributed by atoms with E-state index >= 15 is 0 Å². The van der Waals surface area contributed by atoms with Gasteiger partial charge in [-0.25, -0.2) is 0 Å². The lowest BCUT2D eigenvalue weighted by Crippen LogP contribution is -2.46. The van der Waals surface area contributed by atoms with Crippen molar-refractivity contribution in [2.75, 3.05) is 0 Å². The van der Waals surface area contributed by atoms with E-state index in [0.29, 0.717) is 0 Å². The second kappa shape index (κ2) is 2.71. The summed E-state index contributed by atoms with van der Waals surface area (Å²) in [7, 11) is 0. The van der Waals surface area contributed by atoms with E-state index in [1.54, 1.807) is 0 Å². The molecule has 0 heterocycles. The van der Waals surface area contributed by atoms with Gasteiger partial charge in [0.2, 0.25) is 5.91 Å². The van der Waals surface area contributed by atoms with Crippen LogP contribution in [-0.2, 0) is 4.79 Å². The summed E-state index contributed by atoms with van der Waals surface area (Å²) in [6.45, 7) is 1.90. The zero-order valence-corrected chi connectivity index (χ0v) is 6.20. The average Bonchev–Trinajstić information content (AvgIpc) is 1.83. The Hall–Kier alpha value is -0.740. The molecule has 0 spiro atoms. The van der Waals surface area contributed by atoms with Crippen LogP contribution < -0.4 is 5.73 Å². The molecule has 0 bridgehead atoms. The third-order valence-corrected chi connectivity index (χ3v) is 1.68. The van der Waals surface area contributed by atoms with Crippen molar-refractivity contribution < 1.29 is 18.0 Å². The lowest BCUT2D eigenvalue weighted by molar-refractivity contribution is -0.204. The molecular formula is C6H9F3NO. The minimum absolute atomic E-state index is 0.745. The molecule has 0 aromatic heterocycles. The van der Waals surface area contributed by atoms with Crippen LogP contribution in [0.1, 0.15) is 13.8 Å². The zero-order valence-electron chi connectivity index (χ0n) is 6.20. The largest absolute Gasteiger partial charge is 0.403 e. The third kappa shape index (κ3) is 1.64. The van der Waals surface area contributed by atoms with Crippen molar-refractivity contribution in [2.24, 2.45) is 11.1 Å². The summed E-state index contributed by atoms with van der Waals surface area (Å²) in [5.74, 6) is -1.38. The predicted octanol–water partition coefficient (Wildman–Crippen LogP) is 1.26. The molecule has 2 N–H and O–H groups in total. The van der Waals surface area contributed by atoms with Crippen molar-refractivity contribution in [1.82, 2.24) is 0 Å². The molecule has 0 aliphatic rings. The molecule has 1 radical (unpaired) electrons. The van der Waals surface area contributed by atoms with Gasteiger partial charge in [-0.1, -0.05) is 6.92 Å². The number of primary amides is 1. The number of rotatable bonds is 2. The highest BCUT2D eigenvalue weighted by Gasteiger charge is 2.54. The van der Waals surface area contributed by atoms with E-state index in [9.17, 15) is 18.0 Å². The molecule has 65 valence electrons. The molecule has 0 saturated heterocycles. The van der Waals surface area contributed by atoms with Gasteiger partial charge in [0.05, 0.1) is 0 Å². The first-order valence-corrected chi connectivity index (χ1v) is 2.93. The van der Waals surface area contributed by atoms with Crippen LogP contribution >= 0.6 is 0 Å². The molecule has 0 unspecified atom stereocenters. The van der Waals surface area contributed by atoms with Gasteiger partial charge in [-0.05, 0) is 13.3 Å². The lowest BCUT2D eigenvalue weighted by atomic mass is 9.86. The SMILES string of the molecule is C[CH][C@@](C)(C(N)=O)C(F)(F)F. The number of amides is 1. The van der Waals surface area contributed by atoms with Crippen molar-refractivity contribution in [3.05, 3.63) is 6.42 Å². The number of hydrogen-bond acceptors (Lipinski definition) is 1. The Morgan fingerprint density at radius 2 is 1.82 bits per heavy atom. The summed E-state index contributed by atoms with van der Waals surface area (Å²) in [4.78, 5) is 10.4. The van der Waals surface area contributed by atoms with Gasteiger partial charge >= 0.3 is 6.18 Å². The Morgan fingerprint density at radius 3 is 1.82 bits per heavy atom. The molecule has 0 aromatic carbocycles. The monoisotopic (exact) mass is 168 g/mol. The number of halogens is 3. The fourth-order valence-corrected chi connectivity index (χ4v) is 0.446. The number of hydrogen-bond donors (Lipinski definition) is 1. The van der Waals surface area contributed by atoms with Crippen molar-refractivity contribution in [1.29, 1.82) is 0 Å². The van der Waals surface area contributed by atoms with Crippen LogP contribution in [0.15, 0.2) is 0 Å². The summed E-state index contributed by atoms with van der Waals surface area (Å²) in [6, 6.07) is 0. The molecule has 0 fully saturated rings. The first-order valence-electron chi connectivity index (χ1n) is 2.93. The van der Waals surface area contributed by atoms with Crippen molar-refractivity contribution in [3.63, 3.8) is 0 Å². The Labute approximate surface area is 62.6 Å². The molecule has 1 amide bonds.